The molecule has 1 saturated carbocycles. The van der Waals surface area contributed by atoms with Crippen LogP contribution in [-0.2, 0) is 17.6 Å². The highest BCUT2D eigenvalue weighted by Gasteiger charge is 2.28. The molecule has 2 aromatic heterocycles. The first-order valence-electron chi connectivity index (χ1n) is 9.63. The molecule has 5 nitrogen and oxygen atoms in total. The molecule has 26 heavy (non-hydrogen) atoms. The minimum absolute atomic E-state index is 0.100. The molecule has 0 bridgehead atoms. The van der Waals surface area contributed by atoms with Gasteiger partial charge in [-0.3, -0.25) is 14.2 Å². The molecule has 2 aliphatic carbocycles. The summed E-state index contributed by atoms with van der Waals surface area (Å²) in [6, 6.07) is 0.200. The van der Waals surface area contributed by atoms with Gasteiger partial charge in [-0.2, -0.15) is 0 Å². The van der Waals surface area contributed by atoms with E-state index in [0.717, 1.165) is 55.2 Å². The molecule has 2 heterocycles. The number of aromatic nitrogens is 2. The smallest absolute Gasteiger partial charge is 0.263 e. The van der Waals surface area contributed by atoms with E-state index in [1.807, 2.05) is 11.5 Å². The number of nitrogens with zero attached hydrogens (tertiary/aromatic N) is 2. The van der Waals surface area contributed by atoms with Crippen LogP contribution in [0.25, 0.3) is 10.2 Å². The van der Waals surface area contributed by atoms with E-state index in [1.54, 1.807) is 11.3 Å². The minimum Gasteiger partial charge on any atom is -0.369 e. The quantitative estimate of drug-likeness (QED) is 0.621. The predicted molar refractivity (Wildman–Crippen MR) is 107 cm³/mol. The van der Waals surface area contributed by atoms with Crippen LogP contribution in [0.3, 0.4) is 0 Å². The van der Waals surface area contributed by atoms with Crippen molar-refractivity contribution in [3.8, 4) is 0 Å². The maximum absolute atomic E-state index is 13.5. The summed E-state index contributed by atoms with van der Waals surface area (Å²) in [7, 11) is 0. The van der Waals surface area contributed by atoms with Crippen LogP contribution in [0.5, 0.6) is 0 Å². The molecule has 2 N–H and O–H groups in total. The van der Waals surface area contributed by atoms with Crippen LogP contribution in [0, 0.1) is 0 Å². The molecule has 0 aliphatic heterocycles. The number of carbonyl (C=O) groups is 1. The minimum atomic E-state index is -0.346. The number of thiophene rings is 1. The van der Waals surface area contributed by atoms with Crippen molar-refractivity contribution in [2.45, 2.75) is 81.2 Å². The number of thioether (sulfide) groups is 1. The van der Waals surface area contributed by atoms with Crippen LogP contribution < -0.4 is 11.3 Å². The van der Waals surface area contributed by atoms with E-state index in [-0.39, 0.29) is 22.8 Å². The van der Waals surface area contributed by atoms with Gasteiger partial charge in [-0.1, -0.05) is 31.5 Å². The van der Waals surface area contributed by atoms with Crippen LogP contribution in [0.4, 0.5) is 0 Å². The Bertz CT molecular complexity index is 896. The van der Waals surface area contributed by atoms with E-state index in [0.29, 0.717) is 11.6 Å². The molecule has 1 atom stereocenters. The molecule has 0 aromatic carbocycles. The Hall–Kier alpha value is -1.34. The van der Waals surface area contributed by atoms with Crippen LogP contribution in [-0.4, -0.2) is 20.7 Å². The highest BCUT2D eigenvalue weighted by Crippen LogP contribution is 2.38. The van der Waals surface area contributed by atoms with Gasteiger partial charge in [-0.05, 0) is 50.5 Å². The van der Waals surface area contributed by atoms with Gasteiger partial charge in [0.25, 0.3) is 5.56 Å². The van der Waals surface area contributed by atoms with E-state index in [9.17, 15) is 9.59 Å². The lowest BCUT2D eigenvalue weighted by molar-refractivity contribution is -0.117. The summed E-state index contributed by atoms with van der Waals surface area (Å²) < 4.78 is 1.90. The highest BCUT2D eigenvalue weighted by molar-refractivity contribution is 8.00. The molecule has 7 heteroatoms. The molecule has 0 saturated heterocycles. The highest BCUT2D eigenvalue weighted by atomic mass is 32.2. The second-order valence-electron chi connectivity index (χ2n) is 7.32. The van der Waals surface area contributed by atoms with Gasteiger partial charge in [0.2, 0.25) is 5.91 Å². The first-order chi connectivity index (χ1) is 12.6. The molecule has 0 radical (unpaired) electrons. The molecule has 0 spiro atoms. The SMILES string of the molecule is CCC(Sc1nc2sc3c(c2c(=O)n1C1CCCC1)CCCC3)C(N)=O. The lowest BCUT2D eigenvalue weighted by atomic mass is 9.97. The number of amides is 1. The fourth-order valence-corrected chi connectivity index (χ4v) is 6.57. The Balaban J connectivity index is 1.89. The number of aryl methyl sites for hydroxylation is 2. The van der Waals surface area contributed by atoms with Gasteiger partial charge in [0, 0.05) is 10.9 Å². The molecule has 1 amide bonds. The fraction of sp³-hybridized carbons (Fsp3) is 0.632. The van der Waals surface area contributed by atoms with Crippen molar-refractivity contribution in [1.82, 2.24) is 9.55 Å². The zero-order valence-corrected chi connectivity index (χ0v) is 16.8. The number of rotatable bonds is 5. The number of carbonyl (C=O) groups excluding carboxylic acids is 1. The number of hydrogen-bond acceptors (Lipinski definition) is 5. The van der Waals surface area contributed by atoms with Gasteiger partial charge >= 0.3 is 0 Å². The summed E-state index contributed by atoms with van der Waals surface area (Å²) in [6.45, 7) is 1.95. The van der Waals surface area contributed by atoms with E-state index in [4.69, 9.17) is 10.7 Å². The lowest BCUT2D eigenvalue weighted by Crippen LogP contribution is -2.30. The van der Waals surface area contributed by atoms with Gasteiger partial charge in [0.05, 0.1) is 10.6 Å². The first-order valence-corrected chi connectivity index (χ1v) is 11.3. The average Bonchev–Trinajstić information content (AvgIpc) is 3.26. The van der Waals surface area contributed by atoms with Crippen LogP contribution in [0.15, 0.2) is 9.95 Å². The van der Waals surface area contributed by atoms with Gasteiger partial charge in [0.15, 0.2) is 5.16 Å². The molecule has 2 aliphatic rings. The van der Waals surface area contributed by atoms with Gasteiger partial charge in [-0.15, -0.1) is 11.3 Å². The summed E-state index contributed by atoms with van der Waals surface area (Å²) in [6.07, 6.45) is 9.35. The molecule has 1 unspecified atom stereocenters. The Kier molecular flexibility index (Phi) is 5.10. The Morgan fingerprint density at radius 3 is 2.73 bits per heavy atom. The standard InChI is InChI=1S/C19H25N3O2S2/c1-2-13(16(20)23)26-19-21-17-15(12-9-5-6-10-14(12)25-17)18(24)22(19)11-7-3-4-8-11/h11,13H,2-10H2,1H3,(H2,20,23). The van der Waals surface area contributed by atoms with E-state index < -0.39 is 0 Å². The van der Waals surface area contributed by atoms with Crippen LogP contribution in [0.2, 0.25) is 0 Å². The van der Waals surface area contributed by atoms with Gasteiger partial charge < -0.3 is 5.73 Å². The van der Waals surface area contributed by atoms with Crippen molar-refractivity contribution in [2.24, 2.45) is 5.73 Å². The Morgan fingerprint density at radius 1 is 1.31 bits per heavy atom. The van der Waals surface area contributed by atoms with Crippen molar-refractivity contribution in [1.29, 1.82) is 0 Å². The van der Waals surface area contributed by atoms with Crippen molar-refractivity contribution in [3.05, 3.63) is 20.8 Å². The third-order valence-electron chi connectivity index (χ3n) is 5.61. The second kappa shape index (κ2) is 7.35. The van der Waals surface area contributed by atoms with E-state index in [1.165, 1.54) is 28.6 Å². The molecule has 140 valence electrons. The Labute approximate surface area is 161 Å². The summed E-state index contributed by atoms with van der Waals surface area (Å²) >= 11 is 3.04. The van der Waals surface area contributed by atoms with E-state index in [2.05, 4.69) is 0 Å². The molecular formula is C19H25N3O2S2. The van der Waals surface area contributed by atoms with Crippen LogP contribution in [0.1, 0.15) is 68.4 Å². The maximum atomic E-state index is 13.5. The van der Waals surface area contributed by atoms with Gasteiger partial charge in [0.1, 0.15) is 4.83 Å². The summed E-state index contributed by atoms with van der Waals surface area (Å²) in [5.74, 6) is -0.338. The van der Waals surface area contributed by atoms with Crippen molar-refractivity contribution in [2.75, 3.05) is 0 Å². The maximum Gasteiger partial charge on any atom is 0.263 e. The third-order valence-corrected chi connectivity index (χ3v) is 8.15. The second-order valence-corrected chi connectivity index (χ2v) is 9.57. The first kappa shape index (κ1) is 18.0. The lowest BCUT2D eigenvalue weighted by Gasteiger charge is -2.20. The predicted octanol–water partition coefficient (Wildman–Crippen LogP) is 3.81. The number of nitrogens with two attached hydrogens (primary N) is 1. The number of hydrogen-bond donors (Lipinski definition) is 1. The number of fused-ring (bicyclic) bond motifs is 3. The molecule has 4 rings (SSSR count). The summed E-state index contributed by atoms with van der Waals surface area (Å²) in [5, 5.41) is 1.17. The largest absolute Gasteiger partial charge is 0.369 e. The fourth-order valence-electron chi connectivity index (χ4n) is 4.24. The summed E-state index contributed by atoms with van der Waals surface area (Å²) in [5.41, 5.74) is 6.89. The molecule has 1 fully saturated rings. The molecular weight excluding hydrogens is 366 g/mol. The van der Waals surface area contributed by atoms with Crippen molar-refractivity contribution in [3.63, 3.8) is 0 Å². The molecule has 2 aromatic rings. The normalized spacial score (nSPS) is 19.0. The topological polar surface area (TPSA) is 78.0 Å². The third kappa shape index (κ3) is 3.09. The number of primary amides is 1. The Morgan fingerprint density at radius 2 is 2.04 bits per heavy atom. The average molecular weight is 392 g/mol. The van der Waals surface area contributed by atoms with Gasteiger partial charge in [-0.25, -0.2) is 4.98 Å². The monoisotopic (exact) mass is 391 g/mol. The van der Waals surface area contributed by atoms with E-state index >= 15 is 0 Å². The van der Waals surface area contributed by atoms with Crippen LogP contribution >= 0.6 is 23.1 Å². The zero-order valence-electron chi connectivity index (χ0n) is 15.1. The van der Waals surface area contributed by atoms with Crippen molar-refractivity contribution < 1.29 is 4.79 Å². The summed E-state index contributed by atoms with van der Waals surface area (Å²) in [4.78, 5) is 32.3. The van der Waals surface area contributed by atoms with Crippen molar-refractivity contribution >= 4 is 39.2 Å². The zero-order chi connectivity index (χ0) is 18.3.